The molecule has 160 valence electrons. The van der Waals surface area contributed by atoms with E-state index in [-0.39, 0.29) is 11.3 Å². The quantitative estimate of drug-likeness (QED) is 0.490. The van der Waals surface area contributed by atoms with Gasteiger partial charge in [-0.05, 0) is 25.1 Å². The lowest BCUT2D eigenvalue weighted by atomic mass is 10.1. The lowest BCUT2D eigenvalue weighted by Crippen LogP contribution is -2.28. The van der Waals surface area contributed by atoms with Crippen molar-refractivity contribution in [3.8, 4) is 0 Å². The molecule has 0 fully saturated rings. The van der Waals surface area contributed by atoms with Crippen LogP contribution in [-0.2, 0) is 16.6 Å². The van der Waals surface area contributed by atoms with Crippen molar-refractivity contribution in [2.75, 3.05) is 5.32 Å². The predicted molar refractivity (Wildman–Crippen MR) is 121 cm³/mol. The summed E-state index contributed by atoms with van der Waals surface area (Å²) in [6.45, 7) is 1.95. The van der Waals surface area contributed by atoms with E-state index in [1.807, 2.05) is 25.1 Å². The van der Waals surface area contributed by atoms with Gasteiger partial charge < -0.3 is 10.1 Å². The second-order valence-corrected chi connectivity index (χ2v) is 7.37. The zero-order chi connectivity index (χ0) is 22.7. The maximum absolute atomic E-state index is 13.1. The van der Waals surface area contributed by atoms with Gasteiger partial charge in [-0.1, -0.05) is 66.2 Å². The summed E-state index contributed by atoms with van der Waals surface area (Å²) in [6, 6.07) is 22.7. The van der Waals surface area contributed by atoms with Crippen LogP contribution in [0.3, 0.4) is 0 Å². The molecule has 0 spiro atoms. The number of benzene rings is 3. The van der Waals surface area contributed by atoms with Crippen LogP contribution >= 0.6 is 0 Å². The van der Waals surface area contributed by atoms with E-state index in [1.54, 1.807) is 60.7 Å². The Bertz CT molecular complexity index is 1350. The Hall–Kier alpha value is -4.26. The number of anilines is 1. The number of aromatic nitrogens is 2. The average Bonchev–Trinajstić information content (AvgIpc) is 2.81. The van der Waals surface area contributed by atoms with Crippen LogP contribution in [0.2, 0.25) is 0 Å². The molecule has 1 heterocycles. The van der Waals surface area contributed by atoms with Crippen molar-refractivity contribution in [3.63, 3.8) is 0 Å². The summed E-state index contributed by atoms with van der Waals surface area (Å²) in [4.78, 5) is 38.6. The Morgan fingerprint density at radius 3 is 2.22 bits per heavy atom. The van der Waals surface area contributed by atoms with Gasteiger partial charge in [-0.2, -0.15) is 5.10 Å². The minimum Gasteiger partial charge on any atom is -0.442 e. The van der Waals surface area contributed by atoms with E-state index in [4.69, 9.17) is 4.74 Å². The third-order valence-corrected chi connectivity index (χ3v) is 5.03. The van der Waals surface area contributed by atoms with Crippen molar-refractivity contribution in [2.45, 2.75) is 13.0 Å². The van der Waals surface area contributed by atoms with Crippen LogP contribution in [0.4, 0.5) is 5.69 Å². The predicted octanol–water partition coefficient (Wildman–Crippen LogP) is 3.78. The van der Waals surface area contributed by atoms with E-state index in [0.29, 0.717) is 22.0 Å². The van der Waals surface area contributed by atoms with Crippen LogP contribution in [0.5, 0.6) is 0 Å². The number of esters is 1. The van der Waals surface area contributed by atoms with E-state index in [2.05, 4.69) is 10.4 Å². The molecule has 1 amide bonds. The number of hydrogen-bond donors (Lipinski definition) is 1. The third kappa shape index (κ3) is 4.27. The van der Waals surface area contributed by atoms with Crippen molar-refractivity contribution >= 4 is 28.3 Å². The number of ether oxygens (including phenoxy) is 1. The van der Waals surface area contributed by atoms with Gasteiger partial charge in [0.05, 0.1) is 5.39 Å². The van der Waals surface area contributed by atoms with Crippen LogP contribution in [-0.4, -0.2) is 21.7 Å². The molecule has 0 aliphatic rings. The molecule has 7 nitrogen and oxygen atoms in total. The minimum absolute atomic E-state index is 0.0354. The molecule has 1 N–H and O–H groups in total. The lowest BCUT2D eigenvalue weighted by Gasteiger charge is -2.18. The smallest absolute Gasteiger partial charge is 0.360 e. The summed E-state index contributed by atoms with van der Waals surface area (Å²) in [5.74, 6) is -1.30. The molecule has 4 rings (SSSR count). The topological polar surface area (TPSA) is 90.3 Å². The van der Waals surface area contributed by atoms with Gasteiger partial charge >= 0.3 is 5.97 Å². The van der Waals surface area contributed by atoms with Gasteiger partial charge in [-0.3, -0.25) is 9.59 Å². The first-order chi connectivity index (χ1) is 15.4. The van der Waals surface area contributed by atoms with Crippen molar-refractivity contribution in [1.29, 1.82) is 0 Å². The van der Waals surface area contributed by atoms with Crippen LogP contribution in [0.25, 0.3) is 10.8 Å². The van der Waals surface area contributed by atoms with E-state index in [9.17, 15) is 14.4 Å². The summed E-state index contributed by atoms with van der Waals surface area (Å²) >= 11 is 0. The van der Waals surface area contributed by atoms with Gasteiger partial charge in [0.2, 0.25) is 6.10 Å². The number of nitrogens with one attached hydrogen (secondary N) is 1. The molecular formula is C25H21N3O4. The first-order valence-corrected chi connectivity index (χ1v) is 10.0. The summed E-state index contributed by atoms with van der Waals surface area (Å²) < 4.78 is 6.74. The Morgan fingerprint density at radius 1 is 0.906 bits per heavy atom. The second-order valence-electron chi connectivity index (χ2n) is 7.37. The monoisotopic (exact) mass is 427 g/mol. The molecule has 0 saturated carbocycles. The highest BCUT2D eigenvalue weighted by Gasteiger charge is 2.28. The molecule has 1 unspecified atom stereocenters. The normalized spacial score (nSPS) is 11.7. The van der Waals surface area contributed by atoms with Gasteiger partial charge in [0.1, 0.15) is 0 Å². The zero-order valence-corrected chi connectivity index (χ0v) is 17.6. The highest BCUT2D eigenvalue weighted by Crippen LogP contribution is 2.23. The first-order valence-electron chi connectivity index (χ1n) is 10.0. The lowest BCUT2D eigenvalue weighted by molar-refractivity contribution is -0.125. The number of amides is 1. The van der Waals surface area contributed by atoms with Crippen LogP contribution in [0.1, 0.15) is 27.7 Å². The SMILES string of the molecule is Cc1ccc(NC(=O)C(OC(=O)c2nn(C)c(=O)c3ccccc23)c2ccccc2)cc1. The van der Waals surface area contributed by atoms with Gasteiger partial charge in [0.15, 0.2) is 5.69 Å². The molecule has 0 radical (unpaired) electrons. The van der Waals surface area contributed by atoms with Crippen LogP contribution < -0.4 is 10.9 Å². The first kappa shape index (κ1) is 21.0. The zero-order valence-electron chi connectivity index (χ0n) is 17.6. The molecule has 0 aliphatic carbocycles. The fourth-order valence-electron chi connectivity index (χ4n) is 3.36. The maximum atomic E-state index is 13.1. The number of aryl methyl sites for hydroxylation is 2. The summed E-state index contributed by atoms with van der Waals surface area (Å²) in [6.07, 6.45) is -1.21. The minimum atomic E-state index is -1.21. The number of rotatable bonds is 5. The van der Waals surface area contributed by atoms with Gasteiger partial charge in [-0.15, -0.1) is 0 Å². The number of carbonyl (C=O) groups is 2. The molecule has 0 saturated heterocycles. The highest BCUT2D eigenvalue weighted by atomic mass is 16.5. The molecular weight excluding hydrogens is 406 g/mol. The standard InChI is InChI=1S/C25H21N3O4/c1-16-12-14-18(15-13-16)26-23(29)22(17-8-4-3-5-9-17)32-25(31)21-19-10-6-7-11-20(19)24(30)28(2)27-21/h3-15,22H,1-2H3,(H,26,29). The number of carbonyl (C=O) groups excluding carboxylic acids is 2. The number of fused-ring (bicyclic) bond motifs is 1. The van der Waals surface area contributed by atoms with Crippen molar-refractivity contribution in [2.24, 2.45) is 7.05 Å². The largest absolute Gasteiger partial charge is 0.442 e. The molecule has 0 aliphatic heterocycles. The molecule has 1 atom stereocenters. The van der Waals surface area contributed by atoms with Crippen molar-refractivity contribution in [1.82, 2.24) is 9.78 Å². The molecule has 4 aromatic rings. The molecule has 3 aromatic carbocycles. The Balaban J connectivity index is 1.69. The highest BCUT2D eigenvalue weighted by molar-refractivity contribution is 6.04. The maximum Gasteiger partial charge on any atom is 0.360 e. The fourth-order valence-corrected chi connectivity index (χ4v) is 3.36. The Morgan fingerprint density at radius 2 is 1.53 bits per heavy atom. The second kappa shape index (κ2) is 8.85. The Kier molecular flexibility index (Phi) is 5.81. The summed E-state index contributed by atoms with van der Waals surface area (Å²) in [5.41, 5.74) is 1.80. The van der Waals surface area contributed by atoms with Crippen molar-refractivity contribution < 1.29 is 14.3 Å². The third-order valence-electron chi connectivity index (χ3n) is 5.03. The van der Waals surface area contributed by atoms with E-state index in [0.717, 1.165) is 10.2 Å². The van der Waals surface area contributed by atoms with E-state index < -0.39 is 18.0 Å². The summed E-state index contributed by atoms with van der Waals surface area (Å²) in [7, 11) is 1.46. The molecule has 32 heavy (non-hydrogen) atoms. The number of hydrogen-bond acceptors (Lipinski definition) is 5. The van der Waals surface area contributed by atoms with Crippen molar-refractivity contribution in [3.05, 3.63) is 106 Å². The molecule has 1 aromatic heterocycles. The Labute approximate surface area is 184 Å². The van der Waals surface area contributed by atoms with E-state index in [1.165, 1.54) is 7.05 Å². The van der Waals surface area contributed by atoms with Gasteiger partial charge in [0.25, 0.3) is 11.5 Å². The van der Waals surface area contributed by atoms with Gasteiger partial charge in [-0.25, -0.2) is 9.48 Å². The van der Waals surface area contributed by atoms with E-state index >= 15 is 0 Å². The van der Waals surface area contributed by atoms with Gasteiger partial charge in [0, 0.05) is 23.7 Å². The number of nitrogens with zero attached hydrogens (tertiary/aromatic N) is 2. The fraction of sp³-hybridized carbons (Fsp3) is 0.120. The molecule has 0 bridgehead atoms. The molecule has 7 heteroatoms. The summed E-state index contributed by atoms with van der Waals surface area (Å²) in [5, 5.41) is 7.60. The van der Waals surface area contributed by atoms with Crippen LogP contribution in [0, 0.1) is 6.92 Å². The van der Waals surface area contributed by atoms with Crippen LogP contribution in [0.15, 0.2) is 83.7 Å². The average molecular weight is 427 g/mol.